The number of anilines is 1. The van der Waals surface area contributed by atoms with Crippen molar-refractivity contribution < 1.29 is 9.53 Å². The number of aromatic nitrogens is 2. The quantitative estimate of drug-likeness (QED) is 0.779. The third kappa shape index (κ3) is 3.13. The molecule has 1 N–H and O–H groups in total. The minimum Gasteiger partial charge on any atom is -0.486 e. The number of rotatable bonds is 5. The lowest BCUT2D eigenvalue weighted by Crippen LogP contribution is -2.30. The highest BCUT2D eigenvalue weighted by Crippen LogP contribution is 2.35. The Balaban J connectivity index is 1.35. The maximum Gasteiger partial charge on any atom is 0.232 e. The molecule has 0 radical (unpaired) electrons. The van der Waals surface area contributed by atoms with Crippen molar-refractivity contribution in [2.24, 2.45) is 7.05 Å². The molecule has 1 heterocycles. The summed E-state index contributed by atoms with van der Waals surface area (Å²) in [6.07, 6.45) is 4.44. The molecule has 0 unspecified atom stereocenters. The summed E-state index contributed by atoms with van der Waals surface area (Å²) < 4.78 is 7.64. The minimum atomic E-state index is -0.0458. The molecule has 1 atom stereocenters. The van der Waals surface area contributed by atoms with Crippen LogP contribution in [0, 0.1) is 0 Å². The second kappa shape index (κ2) is 6.43. The number of hydrogen-bond acceptors (Lipinski definition) is 3. The number of nitrogens with one attached hydrogen (secondary N) is 1. The molecule has 4 rings (SSSR count). The van der Waals surface area contributed by atoms with Gasteiger partial charge in [-0.2, -0.15) is 0 Å². The summed E-state index contributed by atoms with van der Waals surface area (Å²) in [7, 11) is 1.93. The molecule has 0 saturated carbocycles. The molecule has 5 heteroatoms. The van der Waals surface area contributed by atoms with Gasteiger partial charge < -0.3 is 14.6 Å². The summed E-state index contributed by atoms with van der Waals surface area (Å²) in [5.74, 6) is 1.60. The largest absolute Gasteiger partial charge is 0.486 e. The van der Waals surface area contributed by atoms with Crippen molar-refractivity contribution in [3.05, 3.63) is 77.9 Å². The monoisotopic (exact) mass is 333 g/mol. The first-order valence-electron chi connectivity index (χ1n) is 8.28. The SMILES string of the molecule is Cn1ccnc1COc1ccc(NC(=O)[C@@H]2Cc3ccccc32)cc1. The van der Waals surface area contributed by atoms with E-state index in [1.165, 1.54) is 5.56 Å². The van der Waals surface area contributed by atoms with E-state index in [1.54, 1.807) is 6.20 Å². The van der Waals surface area contributed by atoms with Gasteiger partial charge >= 0.3 is 0 Å². The highest BCUT2D eigenvalue weighted by atomic mass is 16.5. The first kappa shape index (κ1) is 15.4. The summed E-state index contributed by atoms with van der Waals surface area (Å²) in [6, 6.07) is 15.5. The van der Waals surface area contributed by atoms with Gasteiger partial charge in [0.05, 0.1) is 5.92 Å². The van der Waals surface area contributed by atoms with E-state index in [0.717, 1.165) is 29.2 Å². The minimum absolute atomic E-state index is 0.0420. The van der Waals surface area contributed by atoms with E-state index in [-0.39, 0.29) is 11.8 Å². The Morgan fingerprint density at radius 3 is 2.76 bits per heavy atom. The Morgan fingerprint density at radius 1 is 1.24 bits per heavy atom. The molecule has 2 aromatic carbocycles. The molecule has 5 nitrogen and oxygen atoms in total. The van der Waals surface area contributed by atoms with Gasteiger partial charge in [0.25, 0.3) is 0 Å². The fraction of sp³-hybridized carbons (Fsp3) is 0.200. The predicted molar refractivity (Wildman–Crippen MR) is 95.5 cm³/mol. The van der Waals surface area contributed by atoms with Crippen molar-refractivity contribution in [3.63, 3.8) is 0 Å². The number of benzene rings is 2. The third-order valence-corrected chi connectivity index (χ3v) is 4.58. The molecule has 3 aromatic rings. The van der Waals surface area contributed by atoms with Crippen LogP contribution in [0.3, 0.4) is 0 Å². The molecule has 0 bridgehead atoms. The third-order valence-electron chi connectivity index (χ3n) is 4.58. The molecule has 126 valence electrons. The average Bonchev–Trinajstić information content (AvgIpc) is 3.00. The molecule has 0 saturated heterocycles. The van der Waals surface area contributed by atoms with Crippen LogP contribution in [-0.2, 0) is 24.9 Å². The van der Waals surface area contributed by atoms with E-state index >= 15 is 0 Å². The van der Waals surface area contributed by atoms with Gasteiger partial charge in [-0.25, -0.2) is 4.98 Å². The number of ether oxygens (including phenoxy) is 1. The van der Waals surface area contributed by atoms with Gasteiger partial charge in [0.15, 0.2) is 0 Å². The van der Waals surface area contributed by atoms with Crippen molar-refractivity contribution in [2.45, 2.75) is 18.9 Å². The number of carbonyl (C=O) groups is 1. The van der Waals surface area contributed by atoms with E-state index in [9.17, 15) is 4.79 Å². The Kier molecular flexibility index (Phi) is 3.98. The number of carbonyl (C=O) groups excluding carboxylic acids is 1. The van der Waals surface area contributed by atoms with Crippen molar-refractivity contribution in [3.8, 4) is 5.75 Å². The Labute approximate surface area is 146 Å². The second-order valence-electron chi connectivity index (χ2n) is 6.21. The van der Waals surface area contributed by atoms with Gasteiger partial charge in [0.1, 0.15) is 18.2 Å². The number of hydrogen-bond donors (Lipinski definition) is 1. The topological polar surface area (TPSA) is 56.1 Å². The van der Waals surface area contributed by atoms with Crippen LogP contribution in [0.4, 0.5) is 5.69 Å². The number of nitrogens with zero attached hydrogens (tertiary/aromatic N) is 2. The standard InChI is InChI=1S/C20H19N3O2/c1-23-11-10-21-19(23)13-25-16-8-6-15(7-9-16)22-20(24)18-12-14-4-2-3-5-17(14)18/h2-11,18H,12-13H2,1H3,(H,22,24)/t18-/m1/s1. The van der Waals surface area contributed by atoms with Crippen LogP contribution in [0.2, 0.25) is 0 Å². The van der Waals surface area contributed by atoms with Gasteiger partial charge in [0, 0.05) is 25.1 Å². The van der Waals surface area contributed by atoms with E-state index in [1.807, 2.05) is 60.3 Å². The van der Waals surface area contributed by atoms with E-state index in [2.05, 4.69) is 16.4 Å². The zero-order valence-corrected chi connectivity index (χ0v) is 14.0. The molecule has 0 fully saturated rings. The molecule has 0 spiro atoms. The zero-order chi connectivity index (χ0) is 17.2. The number of amides is 1. The molecule has 25 heavy (non-hydrogen) atoms. The van der Waals surface area contributed by atoms with Crippen molar-refractivity contribution in [1.29, 1.82) is 0 Å². The van der Waals surface area contributed by atoms with Crippen LogP contribution in [0.5, 0.6) is 5.75 Å². The smallest absolute Gasteiger partial charge is 0.232 e. The van der Waals surface area contributed by atoms with Crippen LogP contribution in [-0.4, -0.2) is 15.5 Å². The molecule has 1 aliphatic rings. The van der Waals surface area contributed by atoms with Crippen LogP contribution in [0.25, 0.3) is 0 Å². The Morgan fingerprint density at radius 2 is 2.04 bits per heavy atom. The van der Waals surface area contributed by atoms with Crippen molar-refractivity contribution in [2.75, 3.05) is 5.32 Å². The summed E-state index contributed by atoms with van der Waals surface area (Å²) in [4.78, 5) is 16.6. The van der Waals surface area contributed by atoms with Gasteiger partial charge in [0.2, 0.25) is 5.91 Å². The maximum atomic E-state index is 12.4. The van der Waals surface area contributed by atoms with E-state index in [0.29, 0.717) is 6.61 Å². The normalized spacial score (nSPS) is 15.2. The summed E-state index contributed by atoms with van der Waals surface area (Å²) in [6.45, 7) is 0.411. The van der Waals surface area contributed by atoms with E-state index < -0.39 is 0 Å². The number of fused-ring (bicyclic) bond motifs is 1. The van der Waals surface area contributed by atoms with Crippen LogP contribution in [0.15, 0.2) is 60.9 Å². The lowest BCUT2D eigenvalue weighted by molar-refractivity contribution is -0.118. The summed E-state index contributed by atoms with van der Waals surface area (Å²) in [5.41, 5.74) is 3.18. The first-order chi connectivity index (χ1) is 12.2. The fourth-order valence-corrected chi connectivity index (χ4v) is 3.04. The lowest BCUT2D eigenvalue weighted by Gasteiger charge is -2.28. The van der Waals surface area contributed by atoms with E-state index in [4.69, 9.17) is 4.74 Å². The average molecular weight is 333 g/mol. The fourth-order valence-electron chi connectivity index (χ4n) is 3.04. The highest BCUT2D eigenvalue weighted by Gasteiger charge is 2.31. The van der Waals surface area contributed by atoms with Crippen molar-refractivity contribution in [1.82, 2.24) is 9.55 Å². The number of aryl methyl sites for hydroxylation is 1. The zero-order valence-electron chi connectivity index (χ0n) is 14.0. The molecule has 0 aliphatic heterocycles. The first-order valence-corrected chi connectivity index (χ1v) is 8.28. The van der Waals surface area contributed by atoms with Gasteiger partial charge in [-0.3, -0.25) is 4.79 Å². The van der Waals surface area contributed by atoms with Gasteiger partial charge in [-0.05, 0) is 41.8 Å². The molecule has 1 aromatic heterocycles. The van der Waals surface area contributed by atoms with Crippen LogP contribution >= 0.6 is 0 Å². The highest BCUT2D eigenvalue weighted by molar-refractivity contribution is 5.97. The molecular formula is C20H19N3O2. The lowest BCUT2D eigenvalue weighted by atomic mass is 9.77. The van der Waals surface area contributed by atoms with Gasteiger partial charge in [-0.15, -0.1) is 0 Å². The van der Waals surface area contributed by atoms with Crippen molar-refractivity contribution >= 4 is 11.6 Å². The van der Waals surface area contributed by atoms with Crippen LogP contribution < -0.4 is 10.1 Å². The Bertz CT molecular complexity index is 899. The number of imidazole rings is 1. The Hall–Kier alpha value is -3.08. The predicted octanol–water partition coefficient (Wildman–Crippen LogP) is 3.28. The van der Waals surface area contributed by atoms with Gasteiger partial charge in [-0.1, -0.05) is 24.3 Å². The molecular weight excluding hydrogens is 314 g/mol. The summed E-state index contributed by atoms with van der Waals surface area (Å²) >= 11 is 0. The maximum absolute atomic E-state index is 12.4. The summed E-state index contributed by atoms with van der Waals surface area (Å²) in [5, 5.41) is 2.98. The second-order valence-corrected chi connectivity index (χ2v) is 6.21. The molecule has 1 amide bonds. The van der Waals surface area contributed by atoms with Crippen LogP contribution in [0.1, 0.15) is 22.9 Å². The molecule has 1 aliphatic carbocycles.